The molecule has 1 nitrogen and oxygen atoms in total. The van der Waals surface area contributed by atoms with Crippen molar-refractivity contribution in [3.05, 3.63) is 23.1 Å². The first kappa shape index (κ1) is 10.3. The molecule has 0 aliphatic rings. The fraction of sp³-hybridized carbons (Fsp3) is 0.200. The van der Waals surface area contributed by atoms with E-state index in [-0.39, 0.29) is 0 Å². The van der Waals surface area contributed by atoms with Gasteiger partial charge in [-0.05, 0) is 24.0 Å². The van der Waals surface area contributed by atoms with Gasteiger partial charge in [0.05, 0.1) is 0 Å². The van der Waals surface area contributed by atoms with E-state index in [0.29, 0.717) is 5.75 Å². The zero-order valence-corrected chi connectivity index (χ0v) is 10.8. The number of rotatable bonds is 2. The summed E-state index contributed by atoms with van der Waals surface area (Å²) < 4.78 is 1.18. The molecule has 1 aromatic heterocycles. The summed E-state index contributed by atoms with van der Waals surface area (Å²) in [5, 5.41) is 13.2. The van der Waals surface area contributed by atoms with Crippen LogP contribution in [0.15, 0.2) is 22.4 Å². The van der Waals surface area contributed by atoms with Gasteiger partial charge in [-0.2, -0.15) is 0 Å². The maximum absolute atomic E-state index is 9.64. The molecule has 0 amide bonds. The van der Waals surface area contributed by atoms with Crippen molar-refractivity contribution in [3.8, 4) is 5.75 Å². The highest BCUT2D eigenvalue weighted by Crippen LogP contribution is 2.37. The zero-order valence-electron chi connectivity index (χ0n) is 7.58. The predicted molar refractivity (Wildman–Crippen MR) is 67.9 cm³/mol. The number of thiophene rings is 1. The molecule has 0 spiro atoms. The van der Waals surface area contributed by atoms with Crippen LogP contribution in [-0.2, 0) is 5.33 Å². The molecular weight excluding hydrogens is 280 g/mol. The van der Waals surface area contributed by atoms with E-state index in [1.807, 2.05) is 12.3 Å². The highest BCUT2D eigenvalue weighted by Gasteiger charge is 2.08. The first-order valence-electron chi connectivity index (χ1n) is 4.09. The van der Waals surface area contributed by atoms with Crippen LogP contribution in [0, 0.1) is 0 Å². The molecule has 0 aliphatic carbocycles. The lowest BCUT2D eigenvalue weighted by Crippen LogP contribution is -1.79. The Bertz CT molecular complexity index is 464. The summed E-state index contributed by atoms with van der Waals surface area (Å²) in [5.74, 6) is 0.392. The number of benzene rings is 1. The number of alkyl halides is 1. The van der Waals surface area contributed by atoms with E-state index in [9.17, 15) is 5.11 Å². The number of hydrogen-bond donors (Lipinski definition) is 1. The average molecular weight is 289 g/mol. The lowest BCUT2D eigenvalue weighted by Gasteiger charge is -2.02. The van der Waals surface area contributed by atoms with Gasteiger partial charge in [-0.3, -0.25) is 0 Å². The Hall–Kier alpha value is -0.190. The summed E-state index contributed by atoms with van der Waals surface area (Å²) in [6.45, 7) is 0. The highest BCUT2D eigenvalue weighted by molar-refractivity contribution is 9.08. The molecule has 0 fully saturated rings. The van der Waals surface area contributed by atoms with Crippen molar-refractivity contribution in [2.24, 2.45) is 0 Å². The van der Waals surface area contributed by atoms with Gasteiger partial charge in [-0.25, -0.2) is 0 Å². The first-order valence-corrected chi connectivity index (χ1v) is 7.32. The van der Waals surface area contributed by atoms with Gasteiger partial charge in [0, 0.05) is 25.7 Å². The SMILES string of the molecule is CSc1cc(CBr)c2scc(O)c2c1. The Morgan fingerprint density at radius 3 is 2.93 bits per heavy atom. The third-order valence-corrected chi connectivity index (χ3v) is 4.45. The molecule has 0 saturated heterocycles. The second-order valence-electron chi connectivity index (χ2n) is 2.92. The summed E-state index contributed by atoms with van der Waals surface area (Å²) in [6.07, 6.45) is 2.04. The number of thioether (sulfide) groups is 1. The summed E-state index contributed by atoms with van der Waals surface area (Å²) >= 11 is 6.76. The molecule has 0 aliphatic heterocycles. The van der Waals surface area contributed by atoms with Crippen molar-refractivity contribution in [1.82, 2.24) is 0 Å². The molecule has 1 heterocycles. The molecule has 1 aromatic carbocycles. The van der Waals surface area contributed by atoms with E-state index >= 15 is 0 Å². The first-order chi connectivity index (χ1) is 6.76. The molecule has 1 N–H and O–H groups in total. The maximum atomic E-state index is 9.64. The van der Waals surface area contributed by atoms with Gasteiger partial charge < -0.3 is 5.11 Å². The second kappa shape index (κ2) is 4.13. The van der Waals surface area contributed by atoms with Crippen molar-refractivity contribution in [2.45, 2.75) is 10.2 Å². The summed E-state index contributed by atoms with van der Waals surface area (Å²) in [6, 6.07) is 4.20. The fourth-order valence-electron chi connectivity index (χ4n) is 1.38. The molecule has 0 unspecified atom stereocenters. The van der Waals surface area contributed by atoms with Crippen LogP contribution in [-0.4, -0.2) is 11.4 Å². The van der Waals surface area contributed by atoms with Crippen LogP contribution in [0.1, 0.15) is 5.56 Å². The van der Waals surface area contributed by atoms with Crippen molar-refractivity contribution < 1.29 is 5.11 Å². The third kappa shape index (κ3) is 1.66. The molecule has 4 heteroatoms. The summed E-state index contributed by atoms with van der Waals surface area (Å²) in [5.41, 5.74) is 1.25. The Morgan fingerprint density at radius 2 is 2.29 bits per heavy atom. The Kier molecular flexibility index (Phi) is 3.04. The third-order valence-electron chi connectivity index (χ3n) is 2.08. The maximum Gasteiger partial charge on any atom is 0.134 e. The Morgan fingerprint density at radius 1 is 1.50 bits per heavy atom. The van der Waals surface area contributed by atoms with Crippen molar-refractivity contribution in [2.75, 3.05) is 6.26 Å². The van der Waals surface area contributed by atoms with E-state index in [1.54, 1.807) is 28.5 Å². The monoisotopic (exact) mass is 288 g/mol. The number of hydrogen-bond acceptors (Lipinski definition) is 3. The van der Waals surface area contributed by atoms with Gasteiger partial charge in [0.25, 0.3) is 0 Å². The van der Waals surface area contributed by atoms with Crippen LogP contribution in [0.2, 0.25) is 0 Å². The van der Waals surface area contributed by atoms with Gasteiger partial charge in [0.2, 0.25) is 0 Å². The minimum Gasteiger partial charge on any atom is -0.506 e. The van der Waals surface area contributed by atoms with Gasteiger partial charge in [-0.1, -0.05) is 15.9 Å². The molecule has 0 atom stereocenters. The van der Waals surface area contributed by atoms with Crippen molar-refractivity contribution in [1.29, 1.82) is 0 Å². The van der Waals surface area contributed by atoms with Gasteiger partial charge in [0.1, 0.15) is 5.75 Å². The normalized spacial score (nSPS) is 11.0. The van der Waals surface area contributed by atoms with Crippen LogP contribution in [0.5, 0.6) is 5.75 Å². The molecule has 74 valence electrons. The molecular formula is C10H9BrOS2. The Balaban J connectivity index is 2.76. The van der Waals surface area contributed by atoms with Gasteiger partial charge >= 0.3 is 0 Å². The minimum atomic E-state index is 0.392. The second-order valence-corrected chi connectivity index (χ2v) is 5.24. The molecule has 2 aromatic rings. The lowest BCUT2D eigenvalue weighted by atomic mass is 10.2. The van der Waals surface area contributed by atoms with Crippen LogP contribution in [0.25, 0.3) is 10.1 Å². The molecule has 14 heavy (non-hydrogen) atoms. The molecule has 2 rings (SSSR count). The summed E-state index contributed by atoms with van der Waals surface area (Å²) in [4.78, 5) is 1.20. The standard InChI is InChI=1S/C10H9BrOS2/c1-13-7-2-6(4-11)10-8(3-7)9(12)5-14-10/h2-3,5,12H,4H2,1H3. The van der Waals surface area contributed by atoms with Crippen LogP contribution in [0.4, 0.5) is 0 Å². The summed E-state index contributed by atoms with van der Waals surface area (Å²) in [7, 11) is 0. The Labute approximate surface area is 99.3 Å². The number of aromatic hydroxyl groups is 1. The van der Waals surface area contributed by atoms with Crippen LogP contribution >= 0.6 is 39.0 Å². The van der Waals surface area contributed by atoms with Crippen LogP contribution in [0.3, 0.4) is 0 Å². The predicted octanol–water partition coefficient (Wildman–Crippen LogP) is 4.22. The van der Waals surface area contributed by atoms with Gasteiger partial charge in [0.15, 0.2) is 0 Å². The number of halogens is 1. The van der Waals surface area contributed by atoms with Crippen molar-refractivity contribution in [3.63, 3.8) is 0 Å². The molecule has 0 bridgehead atoms. The van der Waals surface area contributed by atoms with E-state index < -0.39 is 0 Å². The van der Waals surface area contributed by atoms with Crippen molar-refractivity contribution >= 4 is 49.1 Å². The quantitative estimate of drug-likeness (QED) is 0.659. The minimum absolute atomic E-state index is 0.392. The fourth-order valence-corrected chi connectivity index (χ4v) is 3.44. The van der Waals surface area contributed by atoms with E-state index in [1.165, 1.54) is 15.2 Å². The van der Waals surface area contributed by atoms with Gasteiger partial charge in [-0.15, -0.1) is 23.1 Å². The number of fused-ring (bicyclic) bond motifs is 1. The molecule has 0 radical (unpaired) electrons. The van der Waals surface area contributed by atoms with E-state index in [0.717, 1.165) is 10.7 Å². The topological polar surface area (TPSA) is 20.2 Å². The molecule has 0 saturated carbocycles. The highest BCUT2D eigenvalue weighted by atomic mass is 79.9. The smallest absolute Gasteiger partial charge is 0.134 e. The largest absolute Gasteiger partial charge is 0.506 e. The zero-order chi connectivity index (χ0) is 10.1. The van der Waals surface area contributed by atoms with E-state index in [4.69, 9.17) is 0 Å². The average Bonchev–Trinajstić information content (AvgIpc) is 2.59. The van der Waals surface area contributed by atoms with Crippen LogP contribution < -0.4 is 0 Å². The van der Waals surface area contributed by atoms with E-state index in [2.05, 4.69) is 22.0 Å². The lowest BCUT2D eigenvalue weighted by molar-refractivity contribution is 0.483.